The molecule has 0 aliphatic heterocycles. The van der Waals surface area contributed by atoms with Crippen molar-refractivity contribution in [2.24, 2.45) is 0 Å². The second kappa shape index (κ2) is 11.5. The monoisotopic (exact) mass is 582 g/mol. The largest absolute Gasteiger partial charge is 0.493 e. The van der Waals surface area contributed by atoms with Crippen molar-refractivity contribution in [1.29, 1.82) is 0 Å². The lowest BCUT2D eigenvalue weighted by Gasteiger charge is -2.34. The van der Waals surface area contributed by atoms with Gasteiger partial charge in [0.05, 0.1) is 18.9 Å². The van der Waals surface area contributed by atoms with E-state index in [1.54, 1.807) is 6.07 Å². The van der Waals surface area contributed by atoms with Crippen LogP contribution in [-0.4, -0.2) is 48.2 Å². The van der Waals surface area contributed by atoms with Crippen LogP contribution in [0.4, 0.5) is 5.69 Å². The van der Waals surface area contributed by atoms with Gasteiger partial charge < -0.3 is 19.9 Å². The third kappa shape index (κ3) is 6.79. The maximum atomic E-state index is 13.1. The van der Waals surface area contributed by atoms with Gasteiger partial charge in [0.1, 0.15) is 0 Å². The minimum atomic E-state index is -0.469. The minimum Gasteiger partial charge on any atom is -0.493 e. The summed E-state index contributed by atoms with van der Waals surface area (Å²) >= 11 is 7.12. The minimum absolute atomic E-state index is 0.253. The molecule has 0 unspecified atom stereocenters. The van der Waals surface area contributed by atoms with Crippen LogP contribution in [-0.2, 0) is 11.3 Å². The molecule has 178 valence electrons. The van der Waals surface area contributed by atoms with Gasteiger partial charge in [-0.25, -0.2) is 0 Å². The van der Waals surface area contributed by atoms with E-state index in [-0.39, 0.29) is 23.8 Å². The number of halogens is 2. The predicted molar refractivity (Wildman–Crippen MR) is 134 cm³/mol. The Morgan fingerprint density at radius 2 is 1.94 bits per heavy atom. The number of hydrogen-bond acceptors (Lipinski definition) is 6. The molecule has 2 atom stereocenters. The molecule has 2 aromatic carbocycles. The summed E-state index contributed by atoms with van der Waals surface area (Å²) in [7, 11) is 3.49. The molecule has 1 amide bonds. The number of methoxy groups -OCH3 is 1. The zero-order valence-corrected chi connectivity index (χ0v) is 22.0. The normalized spacial score (nSPS) is 18.2. The number of nitrogens with one attached hydrogen (secondary N) is 1. The third-order valence-electron chi connectivity index (χ3n) is 5.72. The van der Waals surface area contributed by atoms with Gasteiger partial charge in [0, 0.05) is 34.0 Å². The Kier molecular flexibility index (Phi) is 8.92. The molecule has 9 heteroatoms. The Hall–Kier alpha value is -1.94. The zero-order valence-electron chi connectivity index (χ0n) is 18.9. The highest BCUT2D eigenvalue weighted by Crippen LogP contribution is 2.34. The van der Waals surface area contributed by atoms with Gasteiger partial charge in [-0.1, -0.05) is 15.9 Å². The highest BCUT2D eigenvalue weighted by atomic mass is 79.9. The highest BCUT2D eigenvalue weighted by Gasteiger charge is 2.25. The van der Waals surface area contributed by atoms with Crippen LogP contribution in [0.5, 0.6) is 11.5 Å². The van der Waals surface area contributed by atoms with E-state index in [2.05, 4.69) is 42.1 Å². The quantitative estimate of drug-likeness (QED) is 0.347. The third-order valence-corrected chi connectivity index (χ3v) is 6.80. The van der Waals surface area contributed by atoms with E-state index in [0.717, 1.165) is 40.2 Å². The molecule has 0 bridgehead atoms. The molecule has 2 N–H and O–H groups in total. The fraction of sp³-hybridized carbons (Fsp3) is 0.417. The number of hydrogen-bond donors (Lipinski definition) is 2. The highest BCUT2D eigenvalue weighted by molar-refractivity contribution is 9.11. The van der Waals surface area contributed by atoms with Crippen LogP contribution in [0.1, 0.15) is 48.5 Å². The molecule has 7 nitrogen and oxygen atoms in total. The van der Waals surface area contributed by atoms with E-state index >= 15 is 0 Å². The van der Waals surface area contributed by atoms with Crippen LogP contribution in [0.15, 0.2) is 39.3 Å². The first-order valence-corrected chi connectivity index (χ1v) is 12.3. The summed E-state index contributed by atoms with van der Waals surface area (Å²) < 4.78 is 12.0. The molecule has 33 heavy (non-hydrogen) atoms. The number of aliphatic hydroxyl groups is 1. The number of ether oxygens (including phenoxy) is 2. The lowest BCUT2D eigenvalue weighted by Crippen LogP contribution is -2.37. The van der Waals surface area contributed by atoms with Gasteiger partial charge >= 0.3 is 5.97 Å². The summed E-state index contributed by atoms with van der Waals surface area (Å²) in [4.78, 5) is 26.6. The maximum Gasteiger partial charge on any atom is 0.308 e. The van der Waals surface area contributed by atoms with E-state index in [1.165, 1.54) is 26.2 Å². The second-order valence-electron chi connectivity index (χ2n) is 8.22. The van der Waals surface area contributed by atoms with Crippen molar-refractivity contribution in [2.75, 3.05) is 19.5 Å². The Morgan fingerprint density at radius 3 is 2.61 bits per heavy atom. The van der Waals surface area contributed by atoms with Crippen LogP contribution in [0.25, 0.3) is 0 Å². The Labute approximate surface area is 210 Å². The van der Waals surface area contributed by atoms with E-state index in [9.17, 15) is 14.7 Å². The molecule has 0 aromatic heterocycles. The maximum absolute atomic E-state index is 13.1. The number of benzene rings is 2. The van der Waals surface area contributed by atoms with E-state index in [0.29, 0.717) is 23.5 Å². The van der Waals surface area contributed by atoms with Gasteiger partial charge in [-0.2, -0.15) is 0 Å². The summed E-state index contributed by atoms with van der Waals surface area (Å²) in [5.41, 5.74) is 1.98. The average molecular weight is 584 g/mol. The number of carbonyl (C=O) groups excluding carboxylic acids is 2. The van der Waals surface area contributed by atoms with E-state index < -0.39 is 5.97 Å². The fourth-order valence-corrected chi connectivity index (χ4v) is 5.48. The summed E-state index contributed by atoms with van der Waals surface area (Å²) in [6, 6.07) is 8.81. The van der Waals surface area contributed by atoms with Gasteiger partial charge in [0.25, 0.3) is 5.91 Å². The van der Waals surface area contributed by atoms with Crippen LogP contribution >= 0.6 is 31.9 Å². The first kappa shape index (κ1) is 25.7. The fourth-order valence-electron chi connectivity index (χ4n) is 4.06. The molecule has 1 fully saturated rings. The van der Waals surface area contributed by atoms with E-state index in [4.69, 9.17) is 9.47 Å². The first-order chi connectivity index (χ1) is 15.7. The Balaban J connectivity index is 1.83. The number of nitrogens with zero attached hydrogens (tertiary/aromatic N) is 1. The number of aliphatic hydroxyl groups excluding tert-OH is 1. The molecular formula is C24H28Br2N2O5. The average Bonchev–Trinajstić information content (AvgIpc) is 2.75. The van der Waals surface area contributed by atoms with Crippen molar-refractivity contribution in [3.63, 3.8) is 0 Å². The van der Waals surface area contributed by atoms with Crippen molar-refractivity contribution in [3.8, 4) is 11.5 Å². The second-order valence-corrected chi connectivity index (χ2v) is 9.99. The van der Waals surface area contributed by atoms with Gasteiger partial charge in [0.2, 0.25) is 0 Å². The molecule has 0 radical (unpaired) electrons. The Bertz CT molecular complexity index is 1030. The number of carbonyl (C=O) groups is 2. The molecule has 1 aliphatic rings. The molecule has 0 spiro atoms. The number of anilines is 1. The van der Waals surface area contributed by atoms with Crippen molar-refractivity contribution in [3.05, 3.63) is 50.4 Å². The molecule has 2 aromatic rings. The molecular weight excluding hydrogens is 556 g/mol. The predicted octanol–water partition coefficient (Wildman–Crippen LogP) is 5.13. The van der Waals surface area contributed by atoms with Gasteiger partial charge in [-0.15, -0.1) is 0 Å². The molecule has 0 heterocycles. The molecule has 3 rings (SSSR count). The van der Waals surface area contributed by atoms with Gasteiger partial charge in [-0.05, 0) is 84.6 Å². The standard InChI is InChI=1S/C24H28Br2N2O5/c1-14(29)33-21-8-7-15(10-22(21)32-3)24(31)27-23-16(9-17(25)11-20(23)26)13-28(2)18-5-4-6-19(30)12-18/h7-11,18-19,30H,4-6,12-13H2,1-3H3,(H,27,31)/t18-,19+/m0/s1. The summed E-state index contributed by atoms with van der Waals surface area (Å²) in [5.74, 6) is -0.238. The van der Waals surface area contributed by atoms with Crippen LogP contribution in [0.2, 0.25) is 0 Å². The molecule has 1 saturated carbocycles. The van der Waals surface area contributed by atoms with Crippen molar-refractivity contribution < 1.29 is 24.2 Å². The summed E-state index contributed by atoms with van der Waals surface area (Å²) in [5, 5.41) is 13.1. The summed E-state index contributed by atoms with van der Waals surface area (Å²) in [6.07, 6.45) is 3.39. The SMILES string of the molecule is COc1cc(C(=O)Nc2c(Br)cc(Br)cc2CN(C)[C@H]2CCC[C@@H](O)C2)ccc1OC(C)=O. The van der Waals surface area contributed by atoms with Crippen molar-refractivity contribution in [2.45, 2.75) is 51.3 Å². The van der Waals surface area contributed by atoms with Crippen LogP contribution in [0, 0.1) is 0 Å². The smallest absolute Gasteiger partial charge is 0.308 e. The van der Waals surface area contributed by atoms with E-state index in [1.807, 2.05) is 19.2 Å². The van der Waals surface area contributed by atoms with Gasteiger partial charge in [0.15, 0.2) is 11.5 Å². The number of rotatable bonds is 7. The van der Waals surface area contributed by atoms with Gasteiger partial charge in [-0.3, -0.25) is 14.5 Å². The van der Waals surface area contributed by atoms with Crippen LogP contribution < -0.4 is 14.8 Å². The summed E-state index contributed by atoms with van der Waals surface area (Å²) in [6.45, 7) is 1.91. The van der Waals surface area contributed by atoms with Crippen LogP contribution in [0.3, 0.4) is 0 Å². The lowest BCUT2D eigenvalue weighted by molar-refractivity contribution is -0.132. The van der Waals surface area contributed by atoms with Crippen molar-refractivity contribution in [1.82, 2.24) is 4.90 Å². The van der Waals surface area contributed by atoms with Crippen molar-refractivity contribution >= 4 is 49.4 Å². The topological polar surface area (TPSA) is 88.1 Å². The first-order valence-electron chi connectivity index (χ1n) is 10.7. The number of amides is 1. The Morgan fingerprint density at radius 1 is 1.18 bits per heavy atom. The molecule has 0 saturated heterocycles. The molecule has 1 aliphatic carbocycles. The number of esters is 1. The zero-order chi connectivity index (χ0) is 24.1. The lowest BCUT2D eigenvalue weighted by atomic mass is 9.92.